The fourth-order valence-corrected chi connectivity index (χ4v) is 6.44. The lowest BCUT2D eigenvalue weighted by atomic mass is 9.52. The summed E-state index contributed by atoms with van der Waals surface area (Å²) in [4.78, 5) is 27.1. The predicted molar refractivity (Wildman–Crippen MR) is 107 cm³/mol. The molecule has 0 radical (unpaired) electrons. The van der Waals surface area contributed by atoms with E-state index in [2.05, 4.69) is 18.2 Å². The Morgan fingerprint density at radius 3 is 2.25 bits per heavy atom. The minimum absolute atomic E-state index is 0.0477. The summed E-state index contributed by atoms with van der Waals surface area (Å²) in [6, 6.07) is 10.3. The smallest absolute Gasteiger partial charge is 0.310 e. The highest BCUT2D eigenvalue weighted by Crippen LogP contribution is 2.56. The van der Waals surface area contributed by atoms with Gasteiger partial charge in [0, 0.05) is 13.1 Å². The van der Waals surface area contributed by atoms with Crippen molar-refractivity contribution >= 4 is 17.4 Å². The summed E-state index contributed by atoms with van der Waals surface area (Å²) in [5, 5.41) is 0. The molecule has 5 aliphatic rings. The van der Waals surface area contributed by atoms with Gasteiger partial charge in [-0.1, -0.05) is 36.4 Å². The third kappa shape index (κ3) is 3.38. The highest BCUT2D eigenvalue weighted by Gasteiger charge is 2.51. The van der Waals surface area contributed by atoms with E-state index in [1.807, 2.05) is 18.2 Å². The van der Waals surface area contributed by atoms with Crippen molar-refractivity contribution in [2.45, 2.75) is 38.5 Å². The molecule has 0 aromatic heterocycles. The normalized spacial score (nSPS) is 33.5. The average Bonchev–Trinajstić information content (AvgIpc) is 2.72. The summed E-state index contributed by atoms with van der Waals surface area (Å²) in [7, 11) is 0. The van der Waals surface area contributed by atoms with Crippen LogP contribution < -0.4 is 0 Å². The number of amides is 1. The predicted octanol–water partition coefficient (Wildman–Crippen LogP) is 3.92. The molecule has 4 fully saturated rings. The number of nitrogens with zero attached hydrogens (tertiary/aromatic N) is 1. The molecular weight excluding hydrogens is 350 g/mol. The van der Waals surface area contributed by atoms with Gasteiger partial charge in [-0.25, -0.2) is 0 Å². The van der Waals surface area contributed by atoms with E-state index in [4.69, 9.17) is 4.74 Å². The van der Waals surface area contributed by atoms with Gasteiger partial charge in [0.15, 0.2) is 6.61 Å². The summed E-state index contributed by atoms with van der Waals surface area (Å²) in [6.45, 7) is 1.18. The van der Waals surface area contributed by atoms with Crippen LogP contribution in [0.4, 0.5) is 0 Å². The highest BCUT2D eigenvalue weighted by molar-refractivity contribution is 5.82. The van der Waals surface area contributed by atoms with Crippen LogP contribution in [-0.4, -0.2) is 36.5 Å². The molecule has 0 N–H and O–H groups in total. The Morgan fingerprint density at radius 2 is 1.64 bits per heavy atom. The van der Waals surface area contributed by atoms with Crippen LogP contribution in [-0.2, 0) is 14.3 Å². The zero-order valence-electron chi connectivity index (χ0n) is 16.4. The van der Waals surface area contributed by atoms with E-state index in [1.165, 1.54) is 43.2 Å². The molecule has 0 unspecified atom stereocenters. The van der Waals surface area contributed by atoms with Gasteiger partial charge in [-0.05, 0) is 73.3 Å². The van der Waals surface area contributed by atoms with Gasteiger partial charge in [-0.3, -0.25) is 9.59 Å². The van der Waals surface area contributed by atoms with Gasteiger partial charge in [0.2, 0.25) is 0 Å². The van der Waals surface area contributed by atoms with Crippen LogP contribution in [0, 0.1) is 29.6 Å². The van der Waals surface area contributed by atoms with Crippen LogP contribution >= 0.6 is 0 Å². The summed E-state index contributed by atoms with van der Waals surface area (Å²) in [5.41, 5.74) is 2.51. The Morgan fingerprint density at radius 1 is 0.964 bits per heavy atom. The van der Waals surface area contributed by atoms with Crippen LogP contribution in [0.3, 0.4) is 0 Å². The summed E-state index contributed by atoms with van der Waals surface area (Å²) in [5.74, 6) is 2.56. The van der Waals surface area contributed by atoms with Crippen LogP contribution in [0.15, 0.2) is 36.4 Å². The zero-order chi connectivity index (χ0) is 19.1. The van der Waals surface area contributed by atoms with Gasteiger partial charge in [0.25, 0.3) is 5.91 Å². The first-order chi connectivity index (χ1) is 13.7. The van der Waals surface area contributed by atoms with E-state index in [-0.39, 0.29) is 24.4 Å². The second kappa shape index (κ2) is 7.38. The van der Waals surface area contributed by atoms with Crippen molar-refractivity contribution in [3.05, 3.63) is 42.0 Å². The Balaban J connectivity index is 1.14. The summed E-state index contributed by atoms with van der Waals surface area (Å²) in [6.07, 6.45) is 9.12. The molecule has 1 aromatic carbocycles. The molecular formula is C24H29NO3. The van der Waals surface area contributed by atoms with Crippen molar-refractivity contribution in [2.75, 3.05) is 19.7 Å². The van der Waals surface area contributed by atoms with Gasteiger partial charge in [0.1, 0.15) is 0 Å². The maximum Gasteiger partial charge on any atom is 0.310 e. The van der Waals surface area contributed by atoms with E-state index >= 15 is 0 Å². The van der Waals surface area contributed by atoms with Crippen LogP contribution in [0.25, 0.3) is 5.57 Å². The minimum Gasteiger partial charge on any atom is -0.455 e. The lowest BCUT2D eigenvalue weighted by Gasteiger charge is -2.53. The molecule has 6 rings (SSSR count). The van der Waals surface area contributed by atoms with Crippen LogP contribution in [0.2, 0.25) is 0 Å². The second-order valence-electron chi connectivity index (χ2n) is 9.25. The summed E-state index contributed by atoms with van der Waals surface area (Å²) >= 11 is 0. The number of hydrogen-bond donors (Lipinski definition) is 0. The third-order valence-corrected chi connectivity index (χ3v) is 7.54. The van der Waals surface area contributed by atoms with Crippen LogP contribution in [0.5, 0.6) is 0 Å². The number of carbonyl (C=O) groups is 2. The van der Waals surface area contributed by atoms with Crippen molar-refractivity contribution in [1.29, 1.82) is 0 Å². The number of benzene rings is 1. The lowest BCUT2D eigenvalue weighted by Crippen LogP contribution is -2.49. The molecule has 148 valence electrons. The Hall–Kier alpha value is -2.10. The zero-order valence-corrected chi connectivity index (χ0v) is 16.4. The Bertz CT molecular complexity index is 756. The van der Waals surface area contributed by atoms with E-state index in [0.717, 1.165) is 18.3 Å². The van der Waals surface area contributed by atoms with Gasteiger partial charge in [0.05, 0.1) is 5.92 Å². The molecule has 0 spiro atoms. The highest BCUT2D eigenvalue weighted by atomic mass is 16.5. The van der Waals surface area contributed by atoms with Gasteiger partial charge < -0.3 is 9.64 Å². The Labute approximate surface area is 166 Å². The standard InChI is InChI=1S/C24H29NO3/c26-22(25-8-6-19(7-9-25)18-4-2-1-3-5-18)15-28-24(27)23-20-11-16-10-17(13-20)14-21(23)12-16/h1-6,16-17,20-21,23H,7-15H2. The van der Waals surface area contributed by atoms with E-state index in [0.29, 0.717) is 24.9 Å². The first-order valence-corrected chi connectivity index (χ1v) is 10.9. The van der Waals surface area contributed by atoms with E-state index in [9.17, 15) is 9.59 Å². The van der Waals surface area contributed by atoms with Crippen molar-refractivity contribution in [3.63, 3.8) is 0 Å². The Kier molecular flexibility index (Phi) is 4.73. The topological polar surface area (TPSA) is 46.6 Å². The fraction of sp³-hybridized carbons (Fsp3) is 0.583. The molecule has 4 nitrogen and oxygen atoms in total. The molecule has 4 heteroatoms. The number of carbonyl (C=O) groups excluding carboxylic acids is 2. The lowest BCUT2D eigenvalue weighted by molar-refractivity contribution is -0.166. The monoisotopic (exact) mass is 379 g/mol. The molecule has 4 bridgehead atoms. The molecule has 28 heavy (non-hydrogen) atoms. The maximum absolute atomic E-state index is 12.8. The molecule has 1 heterocycles. The van der Waals surface area contributed by atoms with E-state index < -0.39 is 0 Å². The third-order valence-electron chi connectivity index (χ3n) is 7.54. The van der Waals surface area contributed by atoms with Gasteiger partial charge in [-0.2, -0.15) is 0 Å². The summed E-state index contributed by atoms with van der Waals surface area (Å²) < 4.78 is 5.54. The van der Waals surface area contributed by atoms with E-state index in [1.54, 1.807) is 4.90 Å². The van der Waals surface area contributed by atoms with Crippen LogP contribution in [0.1, 0.15) is 44.1 Å². The quantitative estimate of drug-likeness (QED) is 0.745. The average molecular weight is 380 g/mol. The fourth-order valence-electron chi connectivity index (χ4n) is 6.44. The molecule has 1 aromatic rings. The molecule has 4 aliphatic carbocycles. The molecule has 4 saturated carbocycles. The first-order valence-electron chi connectivity index (χ1n) is 10.9. The molecule has 1 aliphatic heterocycles. The molecule has 0 saturated heterocycles. The maximum atomic E-state index is 12.8. The number of esters is 1. The van der Waals surface area contributed by atoms with Crippen molar-refractivity contribution in [1.82, 2.24) is 4.90 Å². The molecule has 1 amide bonds. The molecule has 0 atom stereocenters. The largest absolute Gasteiger partial charge is 0.455 e. The van der Waals surface area contributed by atoms with Crippen molar-refractivity contribution < 1.29 is 14.3 Å². The number of ether oxygens (including phenoxy) is 1. The number of hydrogen-bond acceptors (Lipinski definition) is 3. The van der Waals surface area contributed by atoms with Gasteiger partial charge in [-0.15, -0.1) is 0 Å². The second-order valence-corrected chi connectivity index (χ2v) is 9.25. The first kappa shape index (κ1) is 18.0. The SMILES string of the molecule is O=C(OCC(=O)N1CC=C(c2ccccc2)CC1)C1C2CC3CC(C2)CC1C3. The number of rotatable bonds is 4. The van der Waals surface area contributed by atoms with Crippen molar-refractivity contribution in [3.8, 4) is 0 Å². The van der Waals surface area contributed by atoms with Gasteiger partial charge >= 0.3 is 5.97 Å². The minimum atomic E-state index is -0.111. The van der Waals surface area contributed by atoms with Crippen molar-refractivity contribution in [2.24, 2.45) is 29.6 Å².